The SMILES string of the molecule is CC(C)N(C)c1ccc([Si](c2ccccc2)c2ccccc2)cc1. The van der Waals surface area contributed by atoms with E-state index in [-0.39, 0.29) is 0 Å². The molecule has 0 spiro atoms. The van der Waals surface area contributed by atoms with Gasteiger partial charge in [0.2, 0.25) is 0 Å². The molecular weight excluding hydrogens is 306 g/mol. The van der Waals surface area contributed by atoms with Gasteiger partial charge in [-0.3, -0.25) is 0 Å². The first-order chi connectivity index (χ1) is 11.7. The van der Waals surface area contributed by atoms with Crippen LogP contribution < -0.4 is 20.5 Å². The van der Waals surface area contributed by atoms with Crippen LogP contribution in [0.5, 0.6) is 0 Å². The second-order valence-corrected chi connectivity index (χ2v) is 8.84. The van der Waals surface area contributed by atoms with E-state index >= 15 is 0 Å². The number of anilines is 1. The van der Waals surface area contributed by atoms with Gasteiger partial charge in [0.05, 0.1) is 0 Å². The van der Waals surface area contributed by atoms with Gasteiger partial charge < -0.3 is 4.90 Å². The van der Waals surface area contributed by atoms with Crippen LogP contribution in [0.3, 0.4) is 0 Å². The molecule has 0 unspecified atom stereocenters. The first-order valence-corrected chi connectivity index (χ1v) is 9.98. The van der Waals surface area contributed by atoms with Crippen molar-refractivity contribution in [3.05, 3.63) is 84.9 Å². The Balaban J connectivity index is 2.01. The topological polar surface area (TPSA) is 3.24 Å². The molecule has 0 aromatic heterocycles. The molecule has 24 heavy (non-hydrogen) atoms. The van der Waals surface area contributed by atoms with Gasteiger partial charge in [-0.25, -0.2) is 0 Å². The lowest BCUT2D eigenvalue weighted by Gasteiger charge is -2.24. The Morgan fingerprint density at radius 2 is 1.04 bits per heavy atom. The van der Waals surface area contributed by atoms with Crippen LogP contribution in [0.2, 0.25) is 0 Å². The molecule has 1 nitrogen and oxygen atoms in total. The number of hydrogen-bond donors (Lipinski definition) is 0. The summed E-state index contributed by atoms with van der Waals surface area (Å²) in [6.07, 6.45) is 0. The summed E-state index contributed by atoms with van der Waals surface area (Å²) in [5.74, 6) is 0. The van der Waals surface area contributed by atoms with E-state index < -0.39 is 8.80 Å². The second-order valence-electron chi connectivity index (χ2n) is 6.36. The van der Waals surface area contributed by atoms with Gasteiger partial charge in [-0.05, 0) is 26.0 Å². The Hall–Kier alpha value is -2.32. The zero-order valence-corrected chi connectivity index (χ0v) is 15.6. The first-order valence-electron chi connectivity index (χ1n) is 8.48. The summed E-state index contributed by atoms with van der Waals surface area (Å²) in [6.45, 7) is 4.44. The molecule has 3 rings (SSSR count). The van der Waals surface area contributed by atoms with Gasteiger partial charge in [0.15, 0.2) is 8.80 Å². The zero-order valence-electron chi connectivity index (χ0n) is 14.6. The van der Waals surface area contributed by atoms with Gasteiger partial charge >= 0.3 is 0 Å². The molecule has 0 saturated carbocycles. The van der Waals surface area contributed by atoms with Crippen molar-refractivity contribution in [2.24, 2.45) is 0 Å². The molecule has 0 amide bonds. The van der Waals surface area contributed by atoms with Crippen LogP contribution in [0.15, 0.2) is 84.9 Å². The molecule has 0 N–H and O–H groups in total. The molecule has 0 atom stereocenters. The molecule has 121 valence electrons. The van der Waals surface area contributed by atoms with Crippen LogP contribution in [-0.4, -0.2) is 21.9 Å². The van der Waals surface area contributed by atoms with E-state index in [0.717, 1.165) is 0 Å². The highest BCUT2D eigenvalue weighted by atomic mass is 28.3. The summed E-state index contributed by atoms with van der Waals surface area (Å²) in [4.78, 5) is 2.31. The monoisotopic (exact) mass is 330 g/mol. The molecule has 0 heterocycles. The lowest BCUT2D eigenvalue weighted by Crippen LogP contribution is -2.51. The fraction of sp³-hybridized carbons (Fsp3) is 0.182. The first kappa shape index (κ1) is 16.5. The van der Waals surface area contributed by atoms with E-state index in [4.69, 9.17) is 0 Å². The fourth-order valence-electron chi connectivity index (χ4n) is 2.87. The Morgan fingerprint density at radius 3 is 1.46 bits per heavy atom. The van der Waals surface area contributed by atoms with Crippen molar-refractivity contribution in [1.29, 1.82) is 0 Å². The minimum absolute atomic E-state index is 0.504. The molecule has 0 saturated heterocycles. The lowest BCUT2D eigenvalue weighted by atomic mass is 10.2. The smallest absolute Gasteiger partial charge is 0.154 e. The molecule has 0 aliphatic carbocycles. The van der Waals surface area contributed by atoms with E-state index in [9.17, 15) is 0 Å². The molecule has 3 aromatic carbocycles. The maximum atomic E-state index is 2.31. The van der Waals surface area contributed by atoms with E-state index in [2.05, 4.69) is 111 Å². The Kier molecular flexibility index (Phi) is 5.16. The van der Waals surface area contributed by atoms with Gasteiger partial charge in [0.25, 0.3) is 0 Å². The van der Waals surface area contributed by atoms with Crippen molar-refractivity contribution in [3.8, 4) is 0 Å². The van der Waals surface area contributed by atoms with Crippen molar-refractivity contribution in [2.45, 2.75) is 19.9 Å². The second kappa shape index (κ2) is 7.50. The molecule has 0 aliphatic rings. The van der Waals surface area contributed by atoms with Crippen LogP contribution in [0, 0.1) is 0 Å². The zero-order chi connectivity index (χ0) is 16.9. The van der Waals surface area contributed by atoms with Crippen molar-refractivity contribution >= 4 is 30.0 Å². The van der Waals surface area contributed by atoms with Gasteiger partial charge in [-0.1, -0.05) is 88.4 Å². The molecule has 0 aliphatic heterocycles. The largest absolute Gasteiger partial charge is 0.372 e. The summed E-state index contributed by atoms with van der Waals surface area (Å²) in [5.41, 5.74) is 1.27. The lowest BCUT2D eigenvalue weighted by molar-refractivity contribution is 0.755. The van der Waals surface area contributed by atoms with E-state index in [0.29, 0.717) is 6.04 Å². The molecule has 1 radical (unpaired) electrons. The average Bonchev–Trinajstić information content (AvgIpc) is 2.64. The molecule has 3 aromatic rings. The van der Waals surface area contributed by atoms with Gasteiger partial charge in [-0.15, -0.1) is 0 Å². The predicted molar refractivity (Wildman–Crippen MR) is 108 cm³/mol. The molecule has 0 bridgehead atoms. The van der Waals surface area contributed by atoms with Crippen LogP contribution in [0.25, 0.3) is 0 Å². The maximum absolute atomic E-state index is 2.31. The van der Waals surface area contributed by atoms with E-state index in [1.165, 1.54) is 21.2 Å². The quantitative estimate of drug-likeness (QED) is 0.513. The third kappa shape index (κ3) is 3.60. The van der Waals surface area contributed by atoms with Crippen molar-refractivity contribution < 1.29 is 0 Å². The number of nitrogens with zero attached hydrogens (tertiary/aromatic N) is 1. The third-order valence-electron chi connectivity index (χ3n) is 4.46. The summed E-state index contributed by atoms with van der Waals surface area (Å²) in [5, 5.41) is 4.29. The standard InChI is InChI=1S/C22H24NSi/c1-18(2)23(3)19-14-16-22(17-15-19)24(20-10-6-4-7-11-20)21-12-8-5-9-13-21/h4-18H,1-3H3. The van der Waals surface area contributed by atoms with E-state index in [1.54, 1.807) is 0 Å². The predicted octanol–water partition coefficient (Wildman–Crippen LogP) is 3.05. The van der Waals surface area contributed by atoms with Crippen molar-refractivity contribution in [3.63, 3.8) is 0 Å². The summed E-state index contributed by atoms with van der Waals surface area (Å²) >= 11 is 0. The number of rotatable bonds is 5. The summed E-state index contributed by atoms with van der Waals surface area (Å²) < 4.78 is 0. The maximum Gasteiger partial charge on any atom is 0.154 e. The van der Waals surface area contributed by atoms with Gasteiger partial charge in [-0.2, -0.15) is 0 Å². The Bertz CT molecular complexity index is 711. The van der Waals surface area contributed by atoms with Crippen LogP contribution in [0.1, 0.15) is 13.8 Å². The van der Waals surface area contributed by atoms with Gasteiger partial charge in [0, 0.05) is 18.8 Å². The normalized spacial score (nSPS) is 11.0. The highest BCUT2D eigenvalue weighted by Gasteiger charge is 2.19. The van der Waals surface area contributed by atoms with Crippen LogP contribution in [-0.2, 0) is 0 Å². The third-order valence-corrected chi connectivity index (χ3v) is 7.19. The minimum atomic E-state index is -0.958. The molecular formula is C22H24NSi. The Labute approximate surface area is 147 Å². The highest BCUT2D eigenvalue weighted by molar-refractivity contribution is 6.95. The summed E-state index contributed by atoms with van der Waals surface area (Å²) in [6, 6.07) is 31.4. The number of benzene rings is 3. The average molecular weight is 331 g/mol. The molecule has 2 heteroatoms. The highest BCUT2D eigenvalue weighted by Crippen LogP contribution is 2.13. The van der Waals surface area contributed by atoms with Gasteiger partial charge in [0.1, 0.15) is 0 Å². The summed E-state index contributed by atoms with van der Waals surface area (Å²) in [7, 11) is 1.20. The fourth-order valence-corrected chi connectivity index (χ4v) is 5.42. The van der Waals surface area contributed by atoms with Crippen LogP contribution in [0.4, 0.5) is 5.69 Å². The molecule has 0 fully saturated rings. The van der Waals surface area contributed by atoms with Crippen LogP contribution >= 0.6 is 0 Å². The number of hydrogen-bond acceptors (Lipinski definition) is 1. The minimum Gasteiger partial charge on any atom is -0.372 e. The van der Waals surface area contributed by atoms with Crippen molar-refractivity contribution in [2.75, 3.05) is 11.9 Å². The van der Waals surface area contributed by atoms with E-state index in [1.807, 2.05) is 0 Å². The van der Waals surface area contributed by atoms with Crippen molar-refractivity contribution in [1.82, 2.24) is 0 Å². The Morgan fingerprint density at radius 1 is 0.625 bits per heavy atom.